The summed E-state index contributed by atoms with van der Waals surface area (Å²) in [7, 11) is 3.07. The third kappa shape index (κ3) is 4.75. The van der Waals surface area contributed by atoms with E-state index in [1.165, 1.54) is 25.8 Å². The predicted molar refractivity (Wildman–Crippen MR) is 111 cm³/mol. The highest BCUT2D eigenvalue weighted by atomic mass is 16.5. The zero-order valence-corrected chi connectivity index (χ0v) is 16.5. The predicted octanol–water partition coefficient (Wildman–Crippen LogP) is 5.08. The van der Waals surface area contributed by atoms with Crippen molar-refractivity contribution in [3.63, 3.8) is 0 Å². The van der Waals surface area contributed by atoms with E-state index in [1.807, 2.05) is 18.2 Å². The third-order valence-corrected chi connectivity index (χ3v) is 4.01. The van der Waals surface area contributed by atoms with Crippen molar-refractivity contribution >= 4 is 5.57 Å². The summed E-state index contributed by atoms with van der Waals surface area (Å²) in [5, 5.41) is 9.22. The normalized spacial score (nSPS) is 10.6. The van der Waals surface area contributed by atoms with Gasteiger partial charge in [-0.1, -0.05) is 36.9 Å². The molecular formula is C23H19N3O4. The summed E-state index contributed by atoms with van der Waals surface area (Å²) < 4.78 is 22.1. The molecule has 0 aliphatic carbocycles. The first-order valence-corrected chi connectivity index (χ1v) is 8.88. The van der Waals surface area contributed by atoms with Gasteiger partial charge in [0, 0.05) is 5.56 Å². The number of allylic oxidation sites excluding steroid dienone is 1. The molecule has 0 aliphatic heterocycles. The number of nitrogens with zero attached hydrogens (tertiary/aromatic N) is 3. The molecule has 0 fully saturated rings. The molecule has 7 nitrogen and oxygen atoms in total. The number of aromatic nitrogens is 2. The van der Waals surface area contributed by atoms with Crippen molar-refractivity contribution in [2.45, 2.75) is 0 Å². The van der Waals surface area contributed by atoms with Crippen LogP contribution in [0.2, 0.25) is 0 Å². The number of benzene rings is 2. The van der Waals surface area contributed by atoms with Crippen LogP contribution < -0.4 is 9.47 Å². The quantitative estimate of drug-likeness (QED) is 0.384. The van der Waals surface area contributed by atoms with E-state index in [4.69, 9.17) is 18.9 Å². The summed E-state index contributed by atoms with van der Waals surface area (Å²) in [6.45, 7) is 3.90. The molecule has 150 valence electrons. The smallest absolute Gasteiger partial charge is 0.226 e. The van der Waals surface area contributed by atoms with Crippen LogP contribution in [-0.4, -0.2) is 24.2 Å². The zero-order chi connectivity index (χ0) is 21.3. The molecule has 3 rings (SSSR count). The van der Waals surface area contributed by atoms with E-state index in [0.29, 0.717) is 34.0 Å². The first-order valence-electron chi connectivity index (χ1n) is 8.88. The van der Waals surface area contributed by atoms with Crippen LogP contribution in [0, 0.1) is 11.3 Å². The summed E-state index contributed by atoms with van der Waals surface area (Å²) in [5.74, 6) is 1.84. The number of para-hydroxylation sites is 2. The van der Waals surface area contributed by atoms with Crippen LogP contribution in [0.5, 0.6) is 23.3 Å². The maximum Gasteiger partial charge on any atom is 0.226 e. The Morgan fingerprint density at radius 1 is 0.967 bits per heavy atom. The van der Waals surface area contributed by atoms with E-state index in [1.54, 1.807) is 37.4 Å². The van der Waals surface area contributed by atoms with Crippen molar-refractivity contribution in [2.24, 2.45) is 0 Å². The van der Waals surface area contributed by atoms with Crippen LogP contribution >= 0.6 is 0 Å². The Balaban J connectivity index is 1.90. The summed E-state index contributed by atoms with van der Waals surface area (Å²) in [5.41, 5.74) is 1.74. The Morgan fingerprint density at radius 2 is 1.60 bits per heavy atom. The van der Waals surface area contributed by atoms with Gasteiger partial charge in [0.05, 0.1) is 37.7 Å². The molecule has 1 heterocycles. The number of ether oxygens (including phenoxy) is 4. The van der Waals surface area contributed by atoms with Crippen molar-refractivity contribution < 1.29 is 18.9 Å². The van der Waals surface area contributed by atoms with E-state index in [9.17, 15) is 5.26 Å². The summed E-state index contributed by atoms with van der Waals surface area (Å²) >= 11 is 0. The first kappa shape index (κ1) is 20.4. The molecule has 0 bridgehead atoms. The second-order valence-corrected chi connectivity index (χ2v) is 5.90. The Bertz CT molecular complexity index is 1120. The molecule has 2 aromatic carbocycles. The Morgan fingerprint density at radius 3 is 2.27 bits per heavy atom. The molecule has 0 saturated carbocycles. The summed E-state index contributed by atoms with van der Waals surface area (Å²) in [6.07, 6.45) is 2.85. The van der Waals surface area contributed by atoms with Gasteiger partial charge in [-0.2, -0.15) is 5.26 Å². The van der Waals surface area contributed by atoms with Gasteiger partial charge >= 0.3 is 0 Å². The number of methoxy groups -OCH3 is 2. The van der Waals surface area contributed by atoms with E-state index < -0.39 is 0 Å². The summed E-state index contributed by atoms with van der Waals surface area (Å²) in [6, 6.07) is 17.8. The highest BCUT2D eigenvalue weighted by Gasteiger charge is 2.15. The number of rotatable bonds is 8. The van der Waals surface area contributed by atoms with E-state index >= 15 is 0 Å². The third-order valence-electron chi connectivity index (χ3n) is 4.01. The lowest BCUT2D eigenvalue weighted by molar-refractivity contribution is 0.304. The van der Waals surface area contributed by atoms with Crippen molar-refractivity contribution in [1.82, 2.24) is 9.97 Å². The van der Waals surface area contributed by atoms with Crippen molar-refractivity contribution in [3.05, 3.63) is 90.7 Å². The van der Waals surface area contributed by atoms with Gasteiger partial charge in [-0.15, -0.1) is 0 Å². The Labute approximate surface area is 174 Å². The molecule has 0 N–H and O–H groups in total. The number of hydrogen-bond donors (Lipinski definition) is 0. The fraction of sp³-hybridized carbons (Fsp3) is 0.0870. The maximum atomic E-state index is 9.22. The Kier molecular flexibility index (Phi) is 6.64. The van der Waals surface area contributed by atoms with Gasteiger partial charge in [0.15, 0.2) is 0 Å². The van der Waals surface area contributed by atoms with Gasteiger partial charge in [-0.25, -0.2) is 9.97 Å². The molecule has 0 unspecified atom stereocenters. The SMILES string of the molecule is C=C(OC)/C(=C/OC)c1ccccc1Oc1cc(Oc2ccccc2C#N)ncn1. The van der Waals surface area contributed by atoms with Gasteiger partial charge in [-0.05, 0) is 18.2 Å². The lowest BCUT2D eigenvalue weighted by Gasteiger charge is -2.14. The lowest BCUT2D eigenvalue weighted by Crippen LogP contribution is -1.98. The lowest BCUT2D eigenvalue weighted by atomic mass is 10.0. The second-order valence-electron chi connectivity index (χ2n) is 5.90. The largest absolute Gasteiger partial charge is 0.504 e. The molecule has 0 aliphatic rings. The number of nitriles is 1. The van der Waals surface area contributed by atoms with Crippen molar-refractivity contribution in [3.8, 4) is 29.3 Å². The van der Waals surface area contributed by atoms with Crippen LogP contribution in [-0.2, 0) is 9.47 Å². The standard InChI is InChI=1S/C23H19N3O4/c1-16(28-3)19(14-27-2)18-9-5-7-11-21(18)30-23-12-22(25-15-26-23)29-20-10-6-4-8-17(20)13-24/h4-12,14-15H,1H2,2-3H3/b19-14-. The summed E-state index contributed by atoms with van der Waals surface area (Å²) in [4.78, 5) is 8.24. The van der Waals surface area contributed by atoms with Crippen LogP contribution in [0.1, 0.15) is 11.1 Å². The van der Waals surface area contributed by atoms with Gasteiger partial charge in [0.2, 0.25) is 11.8 Å². The molecule has 1 aromatic heterocycles. The average molecular weight is 401 g/mol. The molecule has 0 amide bonds. The van der Waals surface area contributed by atoms with E-state index in [2.05, 4.69) is 22.6 Å². The fourth-order valence-electron chi connectivity index (χ4n) is 2.59. The van der Waals surface area contributed by atoms with Crippen LogP contribution in [0.3, 0.4) is 0 Å². The molecular weight excluding hydrogens is 382 g/mol. The minimum Gasteiger partial charge on any atom is -0.504 e. The molecule has 0 atom stereocenters. The highest BCUT2D eigenvalue weighted by molar-refractivity contribution is 5.79. The molecule has 0 saturated heterocycles. The van der Waals surface area contributed by atoms with E-state index in [-0.39, 0.29) is 11.8 Å². The Hall–Kier alpha value is -4.31. The van der Waals surface area contributed by atoms with Gasteiger partial charge in [-0.3, -0.25) is 0 Å². The topological polar surface area (TPSA) is 86.5 Å². The monoisotopic (exact) mass is 401 g/mol. The van der Waals surface area contributed by atoms with Gasteiger partial charge < -0.3 is 18.9 Å². The van der Waals surface area contributed by atoms with Crippen LogP contribution in [0.4, 0.5) is 0 Å². The minimum atomic E-state index is 0.245. The van der Waals surface area contributed by atoms with Gasteiger partial charge in [0.1, 0.15) is 29.7 Å². The van der Waals surface area contributed by atoms with Crippen LogP contribution in [0.15, 0.2) is 79.5 Å². The van der Waals surface area contributed by atoms with Crippen LogP contribution in [0.25, 0.3) is 5.57 Å². The number of hydrogen-bond acceptors (Lipinski definition) is 7. The molecule has 7 heteroatoms. The molecule has 3 aromatic rings. The zero-order valence-electron chi connectivity index (χ0n) is 16.5. The molecule has 0 spiro atoms. The fourth-order valence-corrected chi connectivity index (χ4v) is 2.59. The van der Waals surface area contributed by atoms with Crippen molar-refractivity contribution in [1.29, 1.82) is 5.26 Å². The first-order chi connectivity index (χ1) is 14.7. The highest BCUT2D eigenvalue weighted by Crippen LogP contribution is 2.34. The molecule has 30 heavy (non-hydrogen) atoms. The van der Waals surface area contributed by atoms with Gasteiger partial charge in [0.25, 0.3) is 0 Å². The minimum absolute atomic E-state index is 0.245. The average Bonchev–Trinajstić information content (AvgIpc) is 2.78. The van der Waals surface area contributed by atoms with Crippen molar-refractivity contribution in [2.75, 3.05) is 14.2 Å². The maximum absolute atomic E-state index is 9.22. The van der Waals surface area contributed by atoms with E-state index in [0.717, 1.165) is 0 Å². The second kappa shape index (κ2) is 9.75. The molecule has 0 radical (unpaired) electrons.